The van der Waals surface area contributed by atoms with Crippen LogP contribution in [0.1, 0.15) is 41.1 Å². The first kappa shape index (κ1) is 25.1. The molecule has 3 heterocycles. The Bertz CT molecular complexity index is 1590. The van der Waals surface area contributed by atoms with Crippen molar-refractivity contribution in [2.75, 3.05) is 18.4 Å². The summed E-state index contributed by atoms with van der Waals surface area (Å²) in [7, 11) is 0. The van der Waals surface area contributed by atoms with Crippen molar-refractivity contribution < 1.29 is 0 Å². The molecule has 39 heavy (non-hydrogen) atoms. The number of pyridine rings is 1. The minimum Gasteiger partial charge on any atom is -0.385 e. The Hall–Kier alpha value is -4.16. The van der Waals surface area contributed by atoms with Gasteiger partial charge in [0, 0.05) is 41.7 Å². The highest BCUT2D eigenvalue weighted by molar-refractivity contribution is 7.80. The number of hydrogen-bond acceptors (Lipinski definition) is 3. The lowest BCUT2D eigenvalue weighted by Gasteiger charge is -2.28. The van der Waals surface area contributed by atoms with E-state index in [1.165, 1.54) is 33.4 Å². The van der Waals surface area contributed by atoms with Crippen LogP contribution in [0.3, 0.4) is 0 Å². The molecule has 1 aliphatic rings. The molecule has 0 bridgehead atoms. The van der Waals surface area contributed by atoms with Crippen molar-refractivity contribution >= 4 is 33.8 Å². The van der Waals surface area contributed by atoms with Gasteiger partial charge >= 0.3 is 0 Å². The number of benzene rings is 3. The first-order valence-electron chi connectivity index (χ1n) is 13.6. The minimum atomic E-state index is -0.0257. The predicted molar refractivity (Wildman–Crippen MR) is 164 cm³/mol. The van der Waals surface area contributed by atoms with Gasteiger partial charge in [0.1, 0.15) is 0 Å². The molecule has 2 atom stereocenters. The van der Waals surface area contributed by atoms with Crippen LogP contribution < -0.4 is 10.6 Å². The summed E-state index contributed by atoms with van der Waals surface area (Å²) >= 11 is 5.94. The largest absolute Gasteiger partial charge is 0.385 e. The summed E-state index contributed by atoms with van der Waals surface area (Å²) in [6.45, 7) is 6.15. The van der Waals surface area contributed by atoms with Crippen LogP contribution in [0.25, 0.3) is 16.5 Å². The van der Waals surface area contributed by atoms with Crippen molar-refractivity contribution in [3.8, 4) is 5.69 Å². The molecular formula is C33H33N5S. The van der Waals surface area contributed by atoms with Crippen LogP contribution in [-0.4, -0.2) is 32.7 Å². The summed E-state index contributed by atoms with van der Waals surface area (Å²) in [5, 5.41) is 10.4. The molecule has 6 heteroatoms. The Morgan fingerprint density at radius 3 is 2.49 bits per heavy atom. The quantitative estimate of drug-likeness (QED) is 0.165. The molecule has 196 valence electrons. The van der Waals surface area contributed by atoms with E-state index in [-0.39, 0.29) is 12.1 Å². The van der Waals surface area contributed by atoms with E-state index in [0.717, 1.165) is 36.0 Å². The molecule has 2 aromatic heterocycles. The number of nitrogens with zero attached hydrogens (tertiary/aromatic N) is 3. The second-order valence-corrected chi connectivity index (χ2v) is 10.5. The smallest absolute Gasteiger partial charge is 0.170 e. The second kappa shape index (κ2) is 10.9. The van der Waals surface area contributed by atoms with Crippen molar-refractivity contribution in [2.45, 2.75) is 32.4 Å². The number of para-hydroxylation sites is 1. The molecule has 0 amide bonds. The topological polar surface area (TPSA) is 45.1 Å². The lowest BCUT2D eigenvalue weighted by molar-refractivity contribution is 0.315. The average molecular weight is 532 g/mol. The molecule has 5 aromatic rings. The number of aryl methyl sites for hydroxylation is 1. The van der Waals surface area contributed by atoms with Crippen molar-refractivity contribution in [1.29, 1.82) is 0 Å². The van der Waals surface area contributed by atoms with Crippen molar-refractivity contribution in [1.82, 2.24) is 19.8 Å². The van der Waals surface area contributed by atoms with E-state index < -0.39 is 0 Å². The summed E-state index contributed by atoms with van der Waals surface area (Å²) in [5.74, 6) is 0. The van der Waals surface area contributed by atoms with Crippen LogP contribution in [0.5, 0.6) is 0 Å². The van der Waals surface area contributed by atoms with Gasteiger partial charge in [-0.05, 0) is 79.8 Å². The van der Waals surface area contributed by atoms with Crippen molar-refractivity contribution in [3.05, 3.63) is 126 Å². The summed E-state index contributed by atoms with van der Waals surface area (Å²) in [4.78, 5) is 7.09. The molecule has 5 nitrogen and oxygen atoms in total. The van der Waals surface area contributed by atoms with Crippen LogP contribution in [0.2, 0.25) is 0 Å². The summed E-state index contributed by atoms with van der Waals surface area (Å²) < 4.78 is 2.39. The summed E-state index contributed by atoms with van der Waals surface area (Å²) in [6, 6.07) is 33.9. The Morgan fingerprint density at radius 1 is 0.897 bits per heavy atom. The van der Waals surface area contributed by atoms with Crippen molar-refractivity contribution in [2.24, 2.45) is 0 Å². The maximum atomic E-state index is 5.94. The van der Waals surface area contributed by atoms with Gasteiger partial charge in [-0.1, -0.05) is 60.7 Å². The molecule has 0 unspecified atom stereocenters. The molecule has 0 radical (unpaired) electrons. The molecule has 6 rings (SSSR count). The van der Waals surface area contributed by atoms with E-state index in [1.807, 2.05) is 18.3 Å². The zero-order valence-electron chi connectivity index (χ0n) is 22.3. The third kappa shape index (κ3) is 4.88. The van der Waals surface area contributed by atoms with Gasteiger partial charge in [0.2, 0.25) is 0 Å². The van der Waals surface area contributed by atoms with Gasteiger partial charge in [-0.15, -0.1) is 0 Å². The minimum absolute atomic E-state index is 0.0257. The van der Waals surface area contributed by atoms with Gasteiger partial charge < -0.3 is 20.1 Å². The van der Waals surface area contributed by atoms with Gasteiger partial charge in [0.15, 0.2) is 5.11 Å². The third-order valence-corrected chi connectivity index (χ3v) is 8.03. The molecule has 2 N–H and O–H groups in total. The first-order valence-corrected chi connectivity index (χ1v) is 14.0. The fourth-order valence-corrected chi connectivity index (χ4v) is 6.22. The number of aromatic nitrogens is 2. The van der Waals surface area contributed by atoms with E-state index >= 15 is 0 Å². The van der Waals surface area contributed by atoms with Gasteiger partial charge in [-0.2, -0.15) is 0 Å². The highest BCUT2D eigenvalue weighted by atomic mass is 32.1. The standard InChI is InChI=1S/C33H33N5S/c1-23-22-28(24(2)38(23)30-18-10-13-25-12-6-7-16-27(25)30)32-31(29-17-8-9-19-35-29)36-33(39)37(32)21-11-20-34-26-14-4-3-5-15-26/h3-10,12-19,22,31-32,34H,11,20-21H2,1-2H3,(H,36,39)/t31-,32+/m1/s1. The number of hydrogen-bond donors (Lipinski definition) is 2. The van der Waals surface area contributed by atoms with E-state index in [4.69, 9.17) is 17.2 Å². The summed E-state index contributed by atoms with van der Waals surface area (Å²) in [5.41, 5.74) is 7.07. The monoisotopic (exact) mass is 531 g/mol. The average Bonchev–Trinajstić information content (AvgIpc) is 3.46. The van der Waals surface area contributed by atoms with E-state index in [9.17, 15) is 0 Å². The Balaban J connectivity index is 1.36. The fraction of sp³-hybridized carbons (Fsp3) is 0.212. The molecule has 3 aromatic carbocycles. The Labute approximate surface area is 235 Å². The highest BCUT2D eigenvalue weighted by Crippen LogP contribution is 2.42. The molecule has 1 aliphatic heterocycles. The molecule has 0 aliphatic carbocycles. The Morgan fingerprint density at radius 2 is 1.67 bits per heavy atom. The van der Waals surface area contributed by atoms with Crippen LogP contribution >= 0.6 is 12.2 Å². The predicted octanol–water partition coefficient (Wildman–Crippen LogP) is 7.12. The summed E-state index contributed by atoms with van der Waals surface area (Å²) in [6.07, 6.45) is 2.83. The van der Waals surface area contributed by atoms with E-state index in [1.54, 1.807) is 0 Å². The SMILES string of the molecule is Cc1cc([C@H]2[C@@H](c3ccccn3)NC(=S)N2CCCNc2ccccc2)c(C)n1-c1cccc2ccccc12. The number of fused-ring (bicyclic) bond motifs is 1. The number of nitrogens with one attached hydrogen (secondary N) is 2. The zero-order chi connectivity index (χ0) is 26.8. The van der Waals surface area contributed by atoms with Gasteiger partial charge in [0.25, 0.3) is 0 Å². The maximum absolute atomic E-state index is 5.94. The van der Waals surface area contributed by atoms with Crippen molar-refractivity contribution in [3.63, 3.8) is 0 Å². The second-order valence-electron chi connectivity index (χ2n) is 10.1. The molecule has 1 fully saturated rings. The number of rotatable bonds is 8. The van der Waals surface area contributed by atoms with E-state index in [0.29, 0.717) is 0 Å². The Kier molecular flexibility index (Phi) is 7.03. The highest BCUT2D eigenvalue weighted by Gasteiger charge is 2.41. The van der Waals surface area contributed by atoms with E-state index in [2.05, 4.69) is 119 Å². The third-order valence-electron chi connectivity index (χ3n) is 7.67. The molecule has 1 saturated heterocycles. The lowest BCUT2D eigenvalue weighted by Crippen LogP contribution is -2.31. The van der Waals surface area contributed by atoms with Crippen LogP contribution in [0.4, 0.5) is 5.69 Å². The number of anilines is 1. The van der Waals surface area contributed by atoms with Gasteiger partial charge in [0.05, 0.1) is 23.5 Å². The van der Waals surface area contributed by atoms with Crippen LogP contribution in [-0.2, 0) is 0 Å². The van der Waals surface area contributed by atoms with Gasteiger partial charge in [-0.25, -0.2) is 0 Å². The van der Waals surface area contributed by atoms with Gasteiger partial charge in [-0.3, -0.25) is 4.98 Å². The lowest BCUT2D eigenvalue weighted by atomic mass is 9.96. The molecule has 0 saturated carbocycles. The molecular weight excluding hydrogens is 498 g/mol. The molecule has 0 spiro atoms. The normalized spacial score (nSPS) is 17.0. The van der Waals surface area contributed by atoms with Crippen LogP contribution in [0, 0.1) is 13.8 Å². The maximum Gasteiger partial charge on any atom is 0.170 e. The zero-order valence-corrected chi connectivity index (χ0v) is 23.2. The fourth-order valence-electron chi connectivity index (χ4n) is 5.88. The number of thiocarbonyl (C=S) groups is 1. The first-order chi connectivity index (χ1) is 19.1. The van der Waals surface area contributed by atoms with Crippen LogP contribution in [0.15, 0.2) is 103 Å².